The van der Waals surface area contributed by atoms with Gasteiger partial charge in [-0.2, -0.15) is 0 Å². The first-order valence-corrected chi connectivity index (χ1v) is 8.25. The van der Waals surface area contributed by atoms with Crippen LogP contribution in [0.2, 0.25) is 0 Å². The molecule has 0 aliphatic rings. The number of aliphatic carboxylic acids is 1. The van der Waals surface area contributed by atoms with Gasteiger partial charge in [0.1, 0.15) is 18.1 Å². The third kappa shape index (κ3) is 7.86. The van der Waals surface area contributed by atoms with Crippen LogP contribution in [0.5, 0.6) is 0 Å². The van der Waals surface area contributed by atoms with Crippen LogP contribution in [0.3, 0.4) is 0 Å². The van der Waals surface area contributed by atoms with E-state index in [0.29, 0.717) is 0 Å². The predicted molar refractivity (Wildman–Crippen MR) is 92.1 cm³/mol. The summed E-state index contributed by atoms with van der Waals surface area (Å²) >= 11 is 0. The van der Waals surface area contributed by atoms with Crippen LogP contribution in [0.4, 0.5) is 0 Å². The highest BCUT2D eigenvalue weighted by Crippen LogP contribution is 2.00. The zero-order chi connectivity index (χ0) is 21.3. The van der Waals surface area contributed by atoms with E-state index >= 15 is 0 Å². The molecule has 0 aliphatic heterocycles. The summed E-state index contributed by atoms with van der Waals surface area (Å²) in [7, 11) is 0. The molecule has 0 saturated heterocycles. The monoisotopic (exact) mass is 392 g/mol. The van der Waals surface area contributed by atoms with E-state index in [9.17, 15) is 29.4 Å². The van der Waals surface area contributed by atoms with Crippen LogP contribution in [-0.2, 0) is 19.2 Å². The lowest BCUT2D eigenvalue weighted by molar-refractivity contribution is -0.144. The fourth-order valence-corrected chi connectivity index (χ4v) is 1.87. The topological polar surface area (TPSA) is 211 Å². The smallest absolute Gasteiger partial charge is 0.328 e. The van der Waals surface area contributed by atoms with Crippen LogP contribution in [0.1, 0.15) is 20.8 Å². The predicted octanol–water partition coefficient (Wildman–Crippen LogP) is -4.13. The Hall–Kier alpha value is -2.28. The minimum absolute atomic E-state index is 0.227. The zero-order valence-electron chi connectivity index (χ0n) is 15.4. The highest BCUT2D eigenvalue weighted by Gasteiger charge is 2.32. The molecule has 0 bridgehead atoms. The summed E-state index contributed by atoms with van der Waals surface area (Å²) in [4.78, 5) is 47.1. The Bertz CT molecular complexity index is 540. The van der Waals surface area contributed by atoms with Crippen LogP contribution in [0.15, 0.2) is 0 Å². The molecule has 0 heterocycles. The zero-order valence-corrected chi connectivity index (χ0v) is 15.4. The first-order chi connectivity index (χ1) is 12.5. The number of hydrogen-bond acceptors (Lipinski definition) is 8. The van der Waals surface area contributed by atoms with E-state index in [-0.39, 0.29) is 5.92 Å². The SMILES string of the molecule is CC(C)C(N)C(=O)NC(CO)C(=O)NC(C(=O)NC(CO)C(=O)O)C(C)O. The lowest BCUT2D eigenvalue weighted by Gasteiger charge is -2.25. The van der Waals surface area contributed by atoms with Gasteiger partial charge in [-0.05, 0) is 12.8 Å². The summed E-state index contributed by atoms with van der Waals surface area (Å²) in [6, 6.07) is -5.59. The standard InChI is InChI=1S/C15H28N4O8/c1-6(2)10(16)13(24)17-8(4-20)12(23)19-11(7(3)22)14(25)18-9(5-21)15(26)27/h6-11,20-22H,4-5,16H2,1-3H3,(H,17,24)(H,18,25)(H,19,23)(H,26,27). The van der Waals surface area contributed by atoms with Crippen molar-refractivity contribution < 1.29 is 39.6 Å². The number of aliphatic hydroxyl groups is 3. The molecule has 0 aromatic heterocycles. The third-order valence-corrected chi connectivity index (χ3v) is 3.70. The van der Waals surface area contributed by atoms with E-state index < -0.39 is 67.2 Å². The Morgan fingerprint density at radius 2 is 1.33 bits per heavy atom. The highest BCUT2D eigenvalue weighted by atomic mass is 16.4. The molecule has 156 valence electrons. The van der Waals surface area contributed by atoms with Crippen molar-refractivity contribution in [3.63, 3.8) is 0 Å². The molecule has 0 spiro atoms. The number of carbonyl (C=O) groups excluding carboxylic acids is 3. The van der Waals surface area contributed by atoms with Gasteiger partial charge in [0.25, 0.3) is 0 Å². The molecule has 0 aliphatic carbocycles. The molecule has 12 nitrogen and oxygen atoms in total. The van der Waals surface area contributed by atoms with Crippen molar-refractivity contribution >= 4 is 23.7 Å². The Balaban J connectivity index is 5.10. The van der Waals surface area contributed by atoms with Gasteiger partial charge in [0.05, 0.1) is 25.4 Å². The molecule has 0 aromatic carbocycles. The second-order valence-electron chi connectivity index (χ2n) is 6.32. The average Bonchev–Trinajstić information content (AvgIpc) is 2.59. The van der Waals surface area contributed by atoms with Gasteiger partial charge in [0.15, 0.2) is 0 Å². The van der Waals surface area contributed by atoms with Crippen LogP contribution in [0, 0.1) is 5.92 Å². The summed E-state index contributed by atoms with van der Waals surface area (Å²) in [5.74, 6) is -4.48. The minimum atomic E-state index is -1.63. The number of rotatable bonds is 11. The van der Waals surface area contributed by atoms with Gasteiger partial charge in [0, 0.05) is 0 Å². The molecular formula is C15H28N4O8. The molecule has 5 atom stereocenters. The number of carboxylic acid groups (broad SMARTS) is 1. The minimum Gasteiger partial charge on any atom is -0.480 e. The molecule has 0 fully saturated rings. The molecule has 0 radical (unpaired) electrons. The number of amides is 3. The Kier molecular flexibility index (Phi) is 10.5. The Morgan fingerprint density at radius 1 is 0.852 bits per heavy atom. The first kappa shape index (κ1) is 24.7. The lowest BCUT2D eigenvalue weighted by Crippen LogP contribution is -2.61. The maximum absolute atomic E-state index is 12.2. The number of nitrogens with two attached hydrogens (primary N) is 1. The van der Waals surface area contributed by atoms with E-state index in [1.165, 1.54) is 6.92 Å². The molecule has 0 rings (SSSR count). The van der Waals surface area contributed by atoms with Gasteiger partial charge in [-0.3, -0.25) is 14.4 Å². The van der Waals surface area contributed by atoms with Gasteiger partial charge in [0.2, 0.25) is 17.7 Å². The molecule has 12 heteroatoms. The highest BCUT2D eigenvalue weighted by molar-refractivity contribution is 5.94. The summed E-state index contributed by atoms with van der Waals surface area (Å²) < 4.78 is 0. The average molecular weight is 392 g/mol. The van der Waals surface area contributed by atoms with Crippen molar-refractivity contribution in [2.24, 2.45) is 11.7 Å². The normalized spacial score (nSPS) is 16.6. The summed E-state index contributed by atoms with van der Waals surface area (Å²) in [6.07, 6.45) is -1.44. The van der Waals surface area contributed by atoms with E-state index in [2.05, 4.69) is 10.6 Å². The van der Waals surface area contributed by atoms with Crippen LogP contribution < -0.4 is 21.7 Å². The van der Waals surface area contributed by atoms with Crippen molar-refractivity contribution in [3.05, 3.63) is 0 Å². The lowest BCUT2D eigenvalue weighted by atomic mass is 10.0. The summed E-state index contributed by atoms with van der Waals surface area (Å²) in [5, 5.41) is 43.1. The number of carboxylic acids is 1. The molecule has 9 N–H and O–H groups in total. The number of aliphatic hydroxyl groups excluding tert-OH is 3. The Morgan fingerprint density at radius 3 is 1.70 bits per heavy atom. The van der Waals surface area contributed by atoms with Crippen molar-refractivity contribution in [1.29, 1.82) is 0 Å². The van der Waals surface area contributed by atoms with E-state index in [0.717, 1.165) is 0 Å². The van der Waals surface area contributed by atoms with Crippen molar-refractivity contribution in [2.45, 2.75) is 51.0 Å². The largest absolute Gasteiger partial charge is 0.480 e. The second-order valence-corrected chi connectivity index (χ2v) is 6.32. The van der Waals surface area contributed by atoms with Gasteiger partial charge in [-0.25, -0.2) is 4.79 Å². The molecule has 27 heavy (non-hydrogen) atoms. The maximum Gasteiger partial charge on any atom is 0.328 e. The summed E-state index contributed by atoms with van der Waals surface area (Å²) in [5.41, 5.74) is 5.65. The number of carbonyl (C=O) groups is 4. The maximum atomic E-state index is 12.2. The number of hydrogen-bond donors (Lipinski definition) is 8. The van der Waals surface area contributed by atoms with Crippen LogP contribution >= 0.6 is 0 Å². The van der Waals surface area contributed by atoms with Crippen LogP contribution in [0.25, 0.3) is 0 Å². The van der Waals surface area contributed by atoms with E-state index in [4.69, 9.17) is 15.9 Å². The van der Waals surface area contributed by atoms with Gasteiger partial charge < -0.3 is 42.1 Å². The fourth-order valence-electron chi connectivity index (χ4n) is 1.87. The molecule has 5 unspecified atom stereocenters. The van der Waals surface area contributed by atoms with Crippen LogP contribution in [-0.4, -0.2) is 87.6 Å². The quantitative estimate of drug-likeness (QED) is 0.171. The Labute approximate surface area is 156 Å². The van der Waals surface area contributed by atoms with E-state index in [1.807, 2.05) is 5.32 Å². The third-order valence-electron chi connectivity index (χ3n) is 3.70. The van der Waals surface area contributed by atoms with Gasteiger partial charge >= 0.3 is 5.97 Å². The first-order valence-electron chi connectivity index (χ1n) is 8.25. The van der Waals surface area contributed by atoms with Gasteiger partial charge in [-0.15, -0.1) is 0 Å². The molecular weight excluding hydrogens is 364 g/mol. The van der Waals surface area contributed by atoms with Crippen molar-refractivity contribution in [2.75, 3.05) is 13.2 Å². The summed E-state index contributed by atoms with van der Waals surface area (Å²) in [6.45, 7) is 2.84. The number of nitrogens with one attached hydrogen (secondary N) is 3. The van der Waals surface area contributed by atoms with Gasteiger partial charge in [-0.1, -0.05) is 13.8 Å². The van der Waals surface area contributed by atoms with Crippen molar-refractivity contribution in [3.8, 4) is 0 Å². The van der Waals surface area contributed by atoms with Crippen molar-refractivity contribution in [1.82, 2.24) is 16.0 Å². The van der Waals surface area contributed by atoms with E-state index in [1.54, 1.807) is 13.8 Å². The molecule has 0 aromatic rings. The fraction of sp³-hybridized carbons (Fsp3) is 0.733. The molecule has 0 saturated carbocycles. The molecule has 3 amide bonds. The second kappa shape index (κ2) is 11.4.